The molecule has 0 aliphatic heterocycles. The quantitative estimate of drug-likeness (QED) is 0.550. The lowest BCUT2D eigenvalue weighted by Gasteiger charge is -2.05. The number of sulfonamides is 1. The minimum atomic E-state index is -3.62. The predicted molar refractivity (Wildman–Crippen MR) is 56.2 cm³/mol. The number of aliphatic hydroxyl groups excluding tert-OH is 1. The smallest absolute Gasteiger partial charge is 0.257 e. The van der Waals surface area contributed by atoms with Crippen LogP contribution in [0.1, 0.15) is 12.0 Å². The molecule has 0 aliphatic rings. The zero-order chi connectivity index (χ0) is 12.0. The van der Waals surface area contributed by atoms with Crippen molar-refractivity contribution in [3.8, 4) is 0 Å². The van der Waals surface area contributed by atoms with Crippen molar-refractivity contribution in [1.82, 2.24) is 14.9 Å². The van der Waals surface area contributed by atoms with Crippen molar-refractivity contribution >= 4 is 10.0 Å². The van der Waals surface area contributed by atoms with Crippen LogP contribution in [-0.4, -0.2) is 44.0 Å². The largest absolute Gasteiger partial charge is 0.392 e. The zero-order valence-corrected chi connectivity index (χ0v) is 9.75. The lowest BCUT2D eigenvalue weighted by molar-refractivity contribution is 0.196. The first-order valence-electron chi connectivity index (χ1n) is 4.73. The van der Waals surface area contributed by atoms with E-state index in [1.807, 2.05) is 0 Å². The van der Waals surface area contributed by atoms with Crippen LogP contribution in [0.3, 0.4) is 0 Å². The monoisotopic (exact) mass is 249 g/mol. The van der Waals surface area contributed by atoms with Crippen molar-refractivity contribution in [3.05, 3.63) is 11.8 Å². The molecule has 0 saturated heterocycles. The SMILES string of the molecule is COCCCNS(=O)(=O)c1[nH]ncc1CO. The molecule has 8 heteroatoms. The Hall–Kier alpha value is -0.960. The van der Waals surface area contributed by atoms with Gasteiger partial charge in [-0.15, -0.1) is 0 Å². The summed E-state index contributed by atoms with van der Waals surface area (Å²) in [7, 11) is -2.07. The molecule has 3 N–H and O–H groups in total. The number of aliphatic hydroxyl groups is 1. The molecule has 1 rings (SSSR count). The molecule has 0 bridgehead atoms. The maximum atomic E-state index is 11.7. The molecule has 0 radical (unpaired) electrons. The van der Waals surface area contributed by atoms with Crippen molar-refractivity contribution < 1.29 is 18.3 Å². The molecule has 0 atom stereocenters. The van der Waals surface area contributed by atoms with Crippen LogP contribution in [0.25, 0.3) is 0 Å². The van der Waals surface area contributed by atoms with Crippen LogP contribution in [0, 0.1) is 0 Å². The first-order chi connectivity index (χ1) is 7.61. The Morgan fingerprint density at radius 3 is 3.00 bits per heavy atom. The number of aromatic amines is 1. The molecule has 92 valence electrons. The third-order valence-electron chi connectivity index (χ3n) is 1.93. The van der Waals surface area contributed by atoms with Gasteiger partial charge in [-0.3, -0.25) is 5.10 Å². The summed E-state index contributed by atoms with van der Waals surface area (Å²) in [6, 6.07) is 0. The highest BCUT2D eigenvalue weighted by molar-refractivity contribution is 7.89. The summed E-state index contributed by atoms with van der Waals surface area (Å²) in [6.07, 6.45) is 1.86. The molecule has 7 nitrogen and oxygen atoms in total. The van der Waals surface area contributed by atoms with Crippen LogP contribution < -0.4 is 4.72 Å². The fourth-order valence-corrected chi connectivity index (χ4v) is 2.33. The van der Waals surface area contributed by atoms with Gasteiger partial charge in [0.1, 0.15) is 0 Å². The van der Waals surface area contributed by atoms with Gasteiger partial charge < -0.3 is 9.84 Å². The first-order valence-corrected chi connectivity index (χ1v) is 6.22. The highest BCUT2D eigenvalue weighted by Crippen LogP contribution is 2.10. The van der Waals surface area contributed by atoms with Gasteiger partial charge in [0.15, 0.2) is 5.03 Å². The van der Waals surface area contributed by atoms with Crippen molar-refractivity contribution in [2.75, 3.05) is 20.3 Å². The van der Waals surface area contributed by atoms with E-state index < -0.39 is 10.0 Å². The molecular weight excluding hydrogens is 234 g/mol. The maximum absolute atomic E-state index is 11.7. The summed E-state index contributed by atoms with van der Waals surface area (Å²) in [5.74, 6) is 0. The summed E-state index contributed by atoms with van der Waals surface area (Å²) >= 11 is 0. The van der Waals surface area contributed by atoms with Crippen LogP contribution in [0.4, 0.5) is 0 Å². The minimum absolute atomic E-state index is 0.0904. The Kier molecular flexibility index (Phi) is 4.87. The molecule has 0 saturated carbocycles. The summed E-state index contributed by atoms with van der Waals surface area (Å²) in [6.45, 7) is 0.392. The molecule has 0 spiro atoms. The maximum Gasteiger partial charge on any atom is 0.257 e. The Balaban J connectivity index is 2.64. The second kappa shape index (κ2) is 5.94. The highest BCUT2D eigenvalue weighted by atomic mass is 32.2. The van der Waals surface area contributed by atoms with E-state index in [2.05, 4.69) is 14.9 Å². The van der Waals surface area contributed by atoms with Gasteiger partial charge in [-0.2, -0.15) is 5.10 Å². The molecule has 0 aromatic carbocycles. The minimum Gasteiger partial charge on any atom is -0.392 e. The average Bonchev–Trinajstić information content (AvgIpc) is 2.73. The van der Waals surface area contributed by atoms with E-state index in [0.29, 0.717) is 13.0 Å². The van der Waals surface area contributed by atoms with Crippen LogP contribution in [-0.2, 0) is 21.4 Å². The number of nitrogens with zero attached hydrogens (tertiary/aromatic N) is 1. The number of methoxy groups -OCH3 is 1. The molecule has 0 fully saturated rings. The van der Waals surface area contributed by atoms with E-state index in [-0.39, 0.29) is 23.7 Å². The van der Waals surface area contributed by atoms with E-state index in [4.69, 9.17) is 9.84 Å². The standard InChI is InChI=1S/C8H15N3O4S/c1-15-4-2-3-10-16(13,14)8-7(6-12)5-9-11-8/h5,10,12H,2-4,6H2,1H3,(H,9,11). The van der Waals surface area contributed by atoms with Crippen LogP contribution in [0.15, 0.2) is 11.2 Å². The number of hydrogen-bond donors (Lipinski definition) is 3. The molecule has 16 heavy (non-hydrogen) atoms. The van der Waals surface area contributed by atoms with E-state index >= 15 is 0 Å². The van der Waals surface area contributed by atoms with E-state index in [0.717, 1.165) is 0 Å². The molecule has 0 unspecified atom stereocenters. The fourth-order valence-electron chi connectivity index (χ4n) is 1.14. The van der Waals surface area contributed by atoms with Gasteiger partial charge in [0.2, 0.25) is 0 Å². The van der Waals surface area contributed by atoms with Crippen molar-refractivity contribution in [1.29, 1.82) is 0 Å². The Bertz CT molecular complexity index is 415. The van der Waals surface area contributed by atoms with Crippen LogP contribution in [0.2, 0.25) is 0 Å². The number of ether oxygens (including phenoxy) is 1. The van der Waals surface area contributed by atoms with E-state index in [1.165, 1.54) is 6.20 Å². The van der Waals surface area contributed by atoms with Crippen LogP contribution in [0.5, 0.6) is 0 Å². The first kappa shape index (κ1) is 13.1. The number of aromatic nitrogens is 2. The molecule has 1 aromatic rings. The van der Waals surface area contributed by atoms with Gasteiger partial charge in [-0.25, -0.2) is 13.1 Å². The average molecular weight is 249 g/mol. The third-order valence-corrected chi connectivity index (χ3v) is 3.41. The second-order valence-electron chi connectivity index (χ2n) is 3.13. The number of nitrogens with one attached hydrogen (secondary N) is 2. The number of H-pyrrole nitrogens is 1. The lowest BCUT2D eigenvalue weighted by Crippen LogP contribution is -2.26. The topological polar surface area (TPSA) is 104 Å². The third kappa shape index (κ3) is 3.27. The molecule has 1 heterocycles. The predicted octanol–water partition coefficient (Wildman–Crippen LogP) is -0.783. The Morgan fingerprint density at radius 2 is 2.38 bits per heavy atom. The normalized spacial score (nSPS) is 11.9. The summed E-state index contributed by atoms with van der Waals surface area (Å²) < 4.78 is 30.6. The highest BCUT2D eigenvalue weighted by Gasteiger charge is 2.19. The summed E-state index contributed by atoms with van der Waals surface area (Å²) in [5, 5.41) is 14.7. The number of hydrogen-bond acceptors (Lipinski definition) is 5. The van der Waals surface area contributed by atoms with Crippen molar-refractivity contribution in [2.45, 2.75) is 18.1 Å². The van der Waals surface area contributed by atoms with Gasteiger partial charge >= 0.3 is 0 Å². The summed E-state index contributed by atoms with van der Waals surface area (Å²) in [5.41, 5.74) is 0.249. The Labute approximate surface area is 93.9 Å². The van der Waals surface area contributed by atoms with E-state index in [1.54, 1.807) is 7.11 Å². The van der Waals surface area contributed by atoms with E-state index in [9.17, 15) is 8.42 Å². The fraction of sp³-hybridized carbons (Fsp3) is 0.625. The van der Waals surface area contributed by atoms with Gasteiger partial charge in [0.05, 0.1) is 12.8 Å². The summed E-state index contributed by atoms with van der Waals surface area (Å²) in [4.78, 5) is 0. The zero-order valence-electron chi connectivity index (χ0n) is 8.93. The van der Waals surface area contributed by atoms with Gasteiger partial charge in [0.25, 0.3) is 10.0 Å². The van der Waals surface area contributed by atoms with Crippen molar-refractivity contribution in [3.63, 3.8) is 0 Å². The molecule has 0 amide bonds. The molecule has 1 aromatic heterocycles. The van der Waals surface area contributed by atoms with Gasteiger partial charge in [0, 0.05) is 25.8 Å². The lowest BCUT2D eigenvalue weighted by atomic mass is 10.4. The van der Waals surface area contributed by atoms with Crippen molar-refractivity contribution in [2.24, 2.45) is 0 Å². The Morgan fingerprint density at radius 1 is 1.62 bits per heavy atom. The molecule has 0 aliphatic carbocycles. The van der Waals surface area contributed by atoms with Gasteiger partial charge in [-0.1, -0.05) is 0 Å². The number of rotatable bonds is 7. The van der Waals surface area contributed by atoms with Crippen LogP contribution >= 0.6 is 0 Å². The van der Waals surface area contributed by atoms with Gasteiger partial charge in [-0.05, 0) is 6.42 Å². The molecular formula is C8H15N3O4S. The second-order valence-corrected chi connectivity index (χ2v) is 4.83.